The summed E-state index contributed by atoms with van der Waals surface area (Å²) < 4.78 is 13.0. The van der Waals surface area contributed by atoms with Crippen LogP contribution in [-0.4, -0.2) is 39.5 Å². The van der Waals surface area contributed by atoms with E-state index in [4.69, 9.17) is 5.11 Å². The highest BCUT2D eigenvalue weighted by atomic mass is 32.1. The number of halogens is 1. The average molecular weight is 376 g/mol. The first-order valence-corrected chi connectivity index (χ1v) is 9.56. The summed E-state index contributed by atoms with van der Waals surface area (Å²) in [6, 6.07) is 6.23. The largest absolute Gasteiger partial charge is 0.481 e. The molecule has 1 aromatic carbocycles. The predicted molar refractivity (Wildman–Crippen MR) is 96.9 cm³/mol. The van der Waals surface area contributed by atoms with E-state index in [0.29, 0.717) is 24.3 Å². The molecular weight excluding hydrogens is 355 g/mol. The Kier molecular flexibility index (Phi) is 5.98. The molecule has 0 aliphatic carbocycles. The number of carbonyl (C=O) groups excluding carboxylic acids is 1. The maximum atomic E-state index is 13.0. The van der Waals surface area contributed by atoms with E-state index in [2.05, 4.69) is 4.98 Å². The maximum absolute atomic E-state index is 13.0. The van der Waals surface area contributed by atoms with Gasteiger partial charge in [0.2, 0.25) is 0 Å². The summed E-state index contributed by atoms with van der Waals surface area (Å²) in [7, 11) is 0. The molecule has 0 spiro atoms. The molecule has 0 saturated carbocycles. The van der Waals surface area contributed by atoms with Gasteiger partial charge in [0.1, 0.15) is 10.7 Å². The summed E-state index contributed by atoms with van der Waals surface area (Å²) in [4.78, 5) is 30.4. The molecule has 0 bridgehead atoms. The highest BCUT2D eigenvalue weighted by molar-refractivity contribution is 7.13. The molecule has 7 heteroatoms. The molecule has 1 saturated heterocycles. The normalized spacial score (nSPS) is 17.3. The topological polar surface area (TPSA) is 70.5 Å². The van der Waals surface area contributed by atoms with Crippen molar-refractivity contribution in [2.45, 2.75) is 44.6 Å². The number of nitrogens with zero attached hydrogens (tertiary/aromatic N) is 2. The van der Waals surface area contributed by atoms with Crippen LogP contribution in [0.5, 0.6) is 0 Å². The Bertz CT molecular complexity index is 775. The van der Waals surface area contributed by atoms with E-state index in [-0.39, 0.29) is 24.2 Å². The van der Waals surface area contributed by atoms with Gasteiger partial charge in [-0.1, -0.05) is 12.1 Å². The quantitative estimate of drug-likeness (QED) is 0.834. The van der Waals surface area contributed by atoms with E-state index in [1.165, 1.54) is 23.5 Å². The highest BCUT2D eigenvalue weighted by Crippen LogP contribution is 2.25. The second kappa shape index (κ2) is 8.40. The summed E-state index contributed by atoms with van der Waals surface area (Å²) in [5, 5.41) is 9.72. The number of benzene rings is 1. The smallest absolute Gasteiger partial charge is 0.303 e. The zero-order valence-electron chi connectivity index (χ0n) is 14.4. The minimum Gasteiger partial charge on any atom is -0.481 e. The van der Waals surface area contributed by atoms with Crippen LogP contribution in [0.3, 0.4) is 0 Å². The van der Waals surface area contributed by atoms with Crippen molar-refractivity contribution in [1.82, 2.24) is 9.88 Å². The molecule has 3 rings (SSSR count). The maximum Gasteiger partial charge on any atom is 0.303 e. The summed E-state index contributed by atoms with van der Waals surface area (Å²) in [5.41, 5.74) is 0.942. The van der Waals surface area contributed by atoms with E-state index >= 15 is 0 Å². The van der Waals surface area contributed by atoms with Crippen LogP contribution in [0.25, 0.3) is 0 Å². The van der Waals surface area contributed by atoms with Gasteiger partial charge in [0.25, 0.3) is 5.91 Å². The Labute approximate surface area is 155 Å². The molecule has 1 aromatic heterocycles. The van der Waals surface area contributed by atoms with E-state index in [9.17, 15) is 14.0 Å². The van der Waals surface area contributed by atoms with Gasteiger partial charge in [-0.15, -0.1) is 11.3 Å². The van der Waals surface area contributed by atoms with Crippen molar-refractivity contribution in [2.24, 2.45) is 0 Å². The molecule has 26 heavy (non-hydrogen) atoms. The molecule has 2 aromatic rings. The van der Waals surface area contributed by atoms with Crippen LogP contribution in [-0.2, 0) is 11.2 Å². The summed E-state index contributed by atoms with van der Waals surface area (Å²) >= 11 is 1.35. The first kappa shape index (κ1) is 18.5. The number of carbonyl (C=O) groups is 2. The van der Waals surface area contributed by atoms with Gasteiger partial charge in [0.05, 0.1) is 11.2 Å². The van der Waals surface area contributed by atoms with Crippen LogP contribution >= 0.6 is 11.3 Å². The van der Waals surface area contributed by atoms with Crippen molar-refractivity contribution in [3.05, 3.63) is 51.7 Å². The molecule has 1 amide bonds. The third-order valence-corrected chi connectivity index (χ3v) is 5.60. The van der Waals surface area contributed by atoms with Gasteiger partial charge in [-0.05, 0) is 43.4 Å². The SMILES string of the molecule is O=C(O)CCC1CCCCN1C(=O)c1cnc(Cc2ccc(F)cc2)s1. The lowest BCUT2D eigenvalue weighted by molar-refractivity contribution is -0.137. The summed E-state index contributed by atoms with van der Waals surface area (Å²) in [6.45, 7) is 0.661. The fourth-order valence-electron chi connectivity index (χ4n) is 3.27. The minimum absolute atomic E-state index is 0.0185. The van der Waals surface area contributed by atoms with Gasteiger partial charge < -0.3 is 10.0 Å². The van der Waals surface area contributed by atoms with Gasteiger partial charge >= 0.3 is 5.97 Å². The van der Waals surface area contributed by atoms with Crippen LogP contribution in [0, 0.1) is 5.82 Å². The molecule has 1 aliphatic heterocycles. The number of aromatic nitrogens is 1. The third-order valence-electron chi connectivity index (χ3n) is 4.61. The fraction of sp³-hybridized carbons (Fsp3) is 0.421. The molecular formula is C19H21FN2O3S. The lowest BCUT2D eigenvalue weighted by Crippen LogP contribution is -2.43. The molecule has 138 valence electrons. The number of carboxylic acid groups (broad SMARTS) is 1. The van der Waals surface area contributed by atoms with E-state index in [0.717, 1.165) is 29.8 Å². The number of aliphatic carboxylic acids is 1. The molecule has 1 unspecified atom stereocenters. The predicted octanol–water partition coefficient (Wildman–Crippen LogP) is 3.73. The first-order valence-electron chi connectivity index (χ1n) is 8.75. The van der Waals surface area contributed by atoms with Crippen LogP contribution in [0.4, 0.5) is 4.39 Å². The number of piperidine rings is 1. The zero-order chi connectivity index (χ0) is 18.5. The number of amides is 1. The molecule has 1 aliphatic rings. The molecule has 0 radical (unpaired) electrons. The Hall–Kier alpha value is -2.28. The molecule has 2 heterocycles. The monoisotopic (exact) mass is 376 g/mol. The standard InChI is InChI=1S/C19H21FN2O3S/c20-14-6-4-13(5-7-14)11-17-21-12-16(26-17)19(25)22-10-2-1-3-15(22)8-9-18(23)24/h4-7,12,15H,1-3,8-11H2,(H,23,24). The second-order valence-corrected chi connectivity index (χ2v) is 7.62. The van der Waals surface area contributed by atoms with Crippen molar-refractivity contribution in [1.29, 1.82) is 0 Å². The van der Waals surface area contributed by atoms with Gasteiger partial charge in [-0.3, -0.25) is 9.59 Å². The first-order chi connectivity index (χ1) is 12.5. The number of carboxylic acids is 1. The Morgan fingerprint density at radius 2 is 2.04 bits per heavy atom. The molecule has 1 atom stereocenters. The summed E-state index contributed by atoms with van der Waals surface area (Å²) in [6.07, 6.45) is 5.52. The zero-order valence-corrected chi connectivity index (χ0v) is 15.2. The van der Waals surface area contributed by atoms with Gasteiger partial charge in [-0.2, -0.15) is 0 Å². The third kappa shape index (κ3) is 4.66. The van der Waals surface area contributed by atoms with Crippen molar-refractivity contribution >= 4 is 23.2 Å². The number of hydrogen-bond acceptors (Lipinski definition) is 4. The Morgan fingerprint density at radius 3 is 2.77 bits per heavy atom. The summed E-state index contributed by atoms with van der Waals surface area (Å²) in [5.74, 6) is -1.17. The number of hydrogen-bond donors (Lipinski definition) is 1. The van der Waals surface area contributed by atoms with Crippen LogP contribution < -0.4 is 0 Å². The highest BCUT2D eigenvalue weighted by Gasteiger charge is 2.28. The Balaban J connectivity index is 1.67. The fourth-order valence-corrected chi connectivity index (χ4v) is 4.18. The average Bonchev–Trinajstić information content (AvgIpc) is 3.10. The van der Waals surface area contributed by atoms with E-state index in [1.807, 2.05) is 4.90 Å². The van der Waals surface area contributed by atoms with E-state index in [1.54, 1.807) is 18.3 Å². The van der Waals surface area contributed by atoms with Crippen molar-refractivity contribution in [3.63, 3.8) is 0 Å². The van der Waals surface area contributed by atoms with Crippen LogP contribution in [0.15, 0.2) is 30.5 Å². The lowest BCUT2D eigenvalue weighted by Gasteiger charge is -2.35. The molecule has 5 nitrogen and oxygen atoms in total. The number of rotatable bonds is 6. The van der Waals surface area contributed by atoms with Crippen LogP contribution in [0.1, 0.15) is 52.3 Å². The van der Waals surface area contributed by atoms with E-state index < -0.39 is 5.97 Å². The van der Waals surface area contributed by atoms with Crippen molar-refractivity contribution in [2.75, 3.05) is 6.54 Å². The van der Waals surface area contributed by atoms with Gasteiger partial charge in [0.15, 0.2) is 0 Å². The Morgan fingerprint density at radius 1 is 1.27 bits per heavy atom. The lowest BCUT2D eigenvalue weighted by atomic mass is 9.97. The minimum atomic E-state index is -0.831. The van der Waals surface area contributed by atoms with Crippen LogP contribution in [0.2, 0.25) is 0 Å². The number of thiazole rings is 1. The molecule has 1 N–H and O–H groups in total. The molecule has 1 fully saturated rings. The van der Waals surface area contributed by atoms with Gasteiger partial charge in [0, 0.05) is 25.4 Å². The van der Waals surface area contributed by atoms with Crippen molar-refractivity contribution in [3.8, 4) is 0 Å². The van der Waals surface area contributed by atoms with Crippen molar-refractivity contribution < 1.29 is 19.1 Å². The van der Waals surface area contributed by atoms with Gasteiger partial charge in [-0.25, -0.2) is 9.37 Å². The second-order valence-electron chi connectivity index (χ2n) is 6.50. The number of likely N-dealkylation sites (tertiary alicyclic amines) is 1.